The second-order valence-corrected chi connectivity index (χ2v) is 12.8. The lowest BCUT2D eigenvalue weighted by atomic mass is 9.80. The van der Waals surface area contributed by atoms with Gasteiger partial charge in [-0.3, -0.25) is 9.59 Å². The Balaban J connectivity index is 1.61. The topological polar surface area (TPSA) is 51.5 Å². The average Bonchev–Trinajstić information content (AvgIpc) is 3.31. The van der Waals surface area contributed by atoms with E-state index in [2.05, 4.69) is 81.5 Å². The zero-order chi connectivity index (χ0) is 30.4. The smallest absolute Gasteiger partial charge is 0.305 e. The molecule has 1 aromatic heterocycles. The first kappa shape index (κ1) is 31.1. The number of ether oxygens (including phenoxy) is 1. The molecule has 0 fully saturated rings. The summed E-state index contributed by atoms with van der Waals surface area (Å²) in [4.78, 5) is 28.1. The van der Waals surface area contributed by atoms with Crippen molar-refractivity contribution in [3.8, 4) is 0 Å². The molecular formula is C37H46N2O3. The van der Waals surface area contributed by atoms with Gasteiger partial charge in [-0.2, -0.15) is 0 Å². The molecule has 222 valence electrons. The quantitative estimate of drug-likeness (QED) is 0.127. The number of carbonyl (C=O) groups is 2. The molecule has 42 heavy (non-hydrogen) atoms. The number of anilines is 1. The summed E-state index contributed by atoms with van der Waals surface area (Å²) in [5.41, 5.74) is 5.92. The number of aryl methyl sites for hydroxylation is 1. The molecule has 0 saturated carbocycles. The van der Waals surface area contributed by atoms with Gasteiger partial charge in [-0.05, 0) is 60.4 Å². The van der Waals surface area contributed by atoms with Gasteiger partial charge in [0.25, 0.3) is 0 Å². The van der Waals surface area contributed by atoms with Gasteiger partial charge in [-0.1, -0.05) is 89.2 Å². The maximum atomic E-state index is 14.0. The van der Waals surface area contributed by atoms with Gasteiger partial charge in [0.2, 0.25) is 0 Å². The van der Waals surface area contributed by atoms with Gasteiger partial charge in [0.1, 0.15) is 0 Å². The normalized spacial score (nSPS) is 12.5. The Morgan fingerprint density at radius 3 is 2.33 bits per heavy atom. The lowest BCUT2D eigenvalue weighted by Crippen LogP contribution is -2.34. The van der Waals surface area contributed by atoms with Crippen LogP contribution in [0.1, 0.15) is 87.5 Å². The first-order valence-corrected chi connectivity index (χ1v) is 15.2. The highest BCUT2D eigenvalue weighted by atomic mass is 16.5. The third kappa shape index (κ3) is 7.31. The molecule has 5 nitrogen and oxygen atoms in total. The van der Waals surface area contributed by atoms with Crippen LogP contribution < -0.4 is 4.90 Å². The van der Waals surface area contributed by atoms with Gasteiger partial charge in [0.05, 0.1) is 12.6 Å². The fraction of sp³-hybridized carbons (Fsp3) is 0.405. The number of esters is 1. The van der Waals surface area contributed by atoms with Crippen molar-refractivity contribution in [2.45, 2.75) is 73.4 Å². The van der Waals surface area contributed by atoms with Crippen LogP contribution in [0.3, 0.4) is 0 Å². The number of ketones is 1. The number of aromatic nitrogens is 1. The second-order valence-electron chi connectivity index (χ2n) is 12.8. The molecule has 1 atom stereocenters. The van der Waals surface area contributed by atoms with E-state index in [-0.39, 0.29) is 23.2 Å². The van der Waals surface area contributed by atoms with Crippen LogP contribution in [0.2, 0.25) is 0 Å². The summed E-state index contributed by atoms with van der Waals surface area (Å²) in [6, 6.07) is 25.1. The molecule has 5 heteroatoms. The Kier molecular flexibility index (Phi) is 9.93. The second kappa shape index (κ2) is 13.4. The van der Waals surface area contributed by atoms with E-state index in [1.54, 1.807) is 0 Å². The SMILES string of the molecule is CCOC(=O)CCCn1cc(C(=O)c2cccc(N(C)C(c3ccc(CC(C)C)cc3)C(C)(C)C)c2)c2ccccc21. The fourth-order valence-electron chi connectivity index (χ4n) is 6.02. The monoisotopic (exact) mass is 566 g/mol. The maximum Gasteiger partial charge on any atom is 0.305 e. The largest absolute Gasteiger partial charge is 0.466 e. The molecule has 3 aromatic carbocycles. The van der Waals surface area contributed by atoms with Crippen molar-refractivity contribution in [2.24, 2.45) is 11.3 Å². The molecule has 1 heterocycles. The van der Waals surface area contributed by atoms with Crippen LogP contribution in [-0.4, -0.2) is 30.0 Å². The molecule has 1 unspecified atom stereocenters. The molecule has 0 saturated heterocycles. The lowest BCUT2D eigenvalue weighted by Gasteiger charge is -2.40. The van der Waals surface area contributed by atoms with E-state index in [1.165, 1.54) is 11.1 Å². The number of rotatable bonds is 12. The Bertz CT molecular complexity index is 1510. The van der Waals surface area contributed by atoms with Crippen molar-refractivity contribution >= 4 is 28.3 Å². The van der Waals surface area contributed by atoms with Crippen LogP contribution in [-0.2, 0) is 22.5 Å². The summed E-state index contributed by atoms with van der Waals surface area (Å²) < 4.78 is 7.16. The summed E-state index contributed by atoms with van der Waals surface area (Å²) >= 11 is 0. The number of carbonyl (C=O) groups excluding carboxylic acids is 2. The van der Waals surface area contributed by atoms with Gasteiger partial charge >= 0.3 is 5.97 Å². The van der Waals surface area contributed by atoms with Crippen molar-refractivity contribution in [3.05, 3.63) is 101 Å². The molecule has 0 aliphatic carbocycles. The zero-order valence-electron chi connectivity index (χ0n) is 26.3. The number of fused-ring (bicyclic) bond motifs is 1. The summed E-state index contributed by atoms with van der Waals surface area (Å²) in [6.07, 6.45) is 4.01. The lowest BCUT2D eigenvalue weighted by molar-refractivity contribution is -0.143. The van der Waals surface area contributed by atoms with Crippen LogP contribution in [0.5, 0.6) is 0 Å². The third-order valence-electron chi connectivity index (χ3n) is 7.78. The summed E-state index contributed by atoms with van der Waals surface area (Å²) in [5.74, 6) is 0.429. The molecule has 0 N–H and O–H groups in total. The van der Waals surface area contributed by atoms with Gasteiger partial charge in [0.15, 0.2) is 5.78 Å². The number of para-hydroxylation sites is 1. The third-order valence-corrected chi connectivity index (χ3v) is 7.78. The highest BCUT2D eigenvalue weighted by Crippen LogP contribution is 2.40. The van der Waals surface area contributed by atoms with Crippen molar-refractivity contribution in [1.29, 1.82) is 0 Å². The molecule has 0 aliphatic rings. The minimum Gasteiger partial charge on any atom is -0.466 e. The van der Waals surface area contributed by atoms with E-state index in [9.17, 15) is 9.59 Å². The Hall–Kier alpha value is -3.86. The van der Waals surface area contributed by atoms with Crippen LogP contribution in [0.15, 0.2) is 79.0 Å². The van der Waals surface area contributed by atoms with E-state index < -0.39 is 0 Å². The molecule has 4 aromatic rings. The van der Waals surface area contributed by atoms with Crippen molar-refractivity contribution in [2.75, 3.05) is 18.6 Å². The maximum absolute atomic E-state index is 14.0. The van der Waals surface area contributed by atoms with Gasteiger partial charge in [-0.15, -0.1) is 0 Å². The molecule has 0 aliphatic heterocycles. The predicted molar refractivity (Wildman–Crippen MR) is 173 cm³/mol. The molecule has 0 bridgehead atoms. The van der Waals surface area contributed by atoms with Crippen LogP contribution in [0, 0.1) is 11.3 Å². The molecule has 0 spiro atoms. The van der Waals surface area contributed by atoms with Gasteiger partial charge in [-0.25, -0.2) is 0 Å². The van der Waals surface area contributed by atoms with Crippen LogP contribution in [0.4, 0.5) is 5.69 Å². The number of hydrogen-bond acceptors (Lipinski definition) is 4. The minimum atomic E-state index is -0.189. The summed E-state index contributed by atoms with van der Waals surface area (Å²) in [7, 11) is 2.12. The number of benzene rings is 3. The van der Waals surface area contributed by atoms with E-state index in [4.69, 9.17) is 4.74 Å². The summed E-state index contributed by atoms with van der Waals surface area (Å²) in [6.45, 7) is 14.1. The Morgan fingerprint density at radius 2 is 1.67 bits per heavy atom. The van der Waals surface area contributed by atoms with Crippen molar-refractivity contribution in [1.82, 2.24) is 4.57 Å². The van der Waals surface area contributed by atoms with Gasteiger partial charge in [0, 0.05) is 53.9 Å². The van der Waals surface area contributed by atoms with Crippen molar-refractivity contribution < 1.29 is 14.3 Å². The van der Waals surface area contributed by atoms with Gasteiger partial charge < -0.3 is 14.2 Å². The standard InChI is InChI=1S/C37H46N2O3/c1-8-42-34(40)17-12-22-39-25-32(31-15-9-10-16-33(31)39)35(41)29-13-11-14-30(24-29)38(7)36(37(4,5)6)28-20-18-27(19-21-28)23-26(2)3/h9-11,13-16,18-21,24-26,36H,8,12,17,22-23H2,1-7H3. The number of hydrogen-bond donors (Lipinski definition) is 0. The highest BCUT2D eigenvalue weighted by molar-refractivity contribution is 6.16. The van der Waals surface area contributed by atoms with Crippen LogP contribution >= 0.6 is 0 Å². The molecule has 4 rings (SSSR count). The minimum absolute atomic E-state index is 0.00376. The number of nitrogens with zero attached hydrogens (tertiary/aromatic N) is 2. The molecular weight excluding hydrogens is 520 g/mol. The fourth-order valence-corrected chi connectivity index (χ4v) is 6.02. The van der Waals surface area contributed by atoms with E-state index in [0.29, 0.717) is 43.0 Å². The van der Waals surface area contributed by atoms with E-state index >= 15 is 0 Å². The first-order chi connectivity index (χ1) is 20.0. The zero-order valence-corrected chi connectivity index (χ0v) is 26.3. The Labute approximate surface area is 251 Å². The first-order valence-electron chi connectivity index (χ1n) is 15.2. The van der Waals surface area contributed by atoms with Crippen molar-refractivity contribution in [3.63, 3.8) is 0 Å². The highest BCUT2D eigenvalue weighted by Gasteiger charge is 2.31. The Morgan fingerprint density at radius 1 is 0.952 bits per heavy atom. The summed E-state index contributed by atoms with van der Waals surface area (Å²) in [5, 5.41) is 0.923. The molecule has 0 radical (unpaired) electrons. The van der Waals surface area contributed by atoms with E-state index in [1.807, 2.05) is 55.6 Å². The average molecular weight is 567 g/mol. The predicted octanol–water partition coefficient (Wildman–Crippen LogP) is 8.64. The van der Waals surface area contributed by atoms with E-state index in [0.717, 1.165) is 23.0 Å². The van der Waals surface area contributed by atoms with Crippen LogP contribution in [0.25, 0.3) is 10.9 Å². The molecule has 0 amide bonds.